The van der Waals surface area contributed by atoms with Crippen LogP contribution in [0.25, 0.3) is 0 Å². The fraction of sp³-hybridized carbons (Fsp3) is 0.235. The molecule has 2 aromatic rings. The molecule has 2 aromatic carbocycles. The Morgan fingerprint density at radius 2 is 1.71 bits per heavy atom. The van der Waals surface area contributed by atoms with E-state index in [-0.39, 0.29) is 29.8 Å². The van der Waals surface area contributed by atoms with Gasteiger partial charge in [-0.25, -0.2) is 4.39 Å². The average Bonchev–Trinajstić information content (AvgIpc) is 2.51. The quantitative estimate of drug-likeness (QED) is 0.710. The van der Waals surface area contributed by atoms with Gasteiger partial charge in [0.2, 0.25) is 0 Å². The highest BCUT2D eigenvalue weighted by atomic mass is 35.5. The van der Waals surface area contributed by atoms with Gasteiger partial charge in [0, 0.05) is 23.4 Å². The van der Waals surface area contributed by atoms with Crippen LogP contribution in [0.3, 0.4) is 0 Å². The minimum absolute atomic E-state index is 0. The van der Waals surface area contributed by atoms with Gasteiger partial charge in [-0.1, -0.05) is 41.4 Å². The van der Waals surface area contributed by atoms with Crippen LogP contribution in [0, 0.1) is 5.82 Å². The van der Waals surface area contributed by atoms with E-state index >= 15 is 0 Å². The summed E-state index contributed by atoms with van der Waals surface area (Å²) in [5.41, 5.74) is 7.86. The molecule has 7 heteroatoms. The van der Waals surface area contributed by atoms with E-state index in [0.29, 0.717) is 17.0 Å². The van der Waals surface area contributed by atoms with Crippen LogP contribution >= 0.6 is 35.6 Å². The van der Waals surface area contributed by atoms with Crippen LogP contribution < -0.4 is 5.73 Å². The minimum atomic E-state index is -0.911. The van der Waals surface area contributed by atoms with E-state index in [9.17, 15) is 9.18 Å². The lowest BCUT2D eigenvalue weighted by Gasteiger charge is -2.25. The van der Waals surface area contributed by atoms with Gasteiger partial charge in [0.05, 0.1) is 5.02 Å². The average molecular weight is 393 g/mol. The lowest BCUT2D eigenvalue weighted by atomic mass is 9.84. The second kappa shape index (κ2) is 9.23. The Morgan fingerprint density at radius 1 is 1.12 bits per heavy atom. The molecule has 24 heavy (non-hydrogen) atoms. The smallest absolute Gasteiger partial charge is 0.303 e. The van der Waals surface area contributed by atoms with Gasteiger partial charge in [-0.05, 0) is 41.8 Å². The van der Waals surface area contributed by atoms with Crippen LogP contribution in [0.2, 0.25) is 10.0 Å². The van der Waals surface area contributed by atoms with Crippen LogP contribution in [0.5, 0.6) is 0 Å². The second-order valence-electron chi connectivity index (χ2n) is 5.29. The summed E-state index contributed by atoms with van der Waals surface area (Å²) in [7, 11) is 0. The van der Waals surface area contributed by atoms with Crippen LogP contribution in [-0.2, 0) is 4.79 Å². The molecule has 0 radical (unpaired) electrons. The van der Waals surface area contributed by atoms with Crippen molar-refractivity contribution in [2.24, 2.45) is 5.73 Å². The van der Waals surface area contributed by atoms with Gasteiger partial charge in [0.1, 0.15) is 5.82 Å². The van der Waals surface area contributed by atoms with Crippen molar-refractivity contribution >= 4 is 41.6 Å². The summed E-state index contributed by atoms with van der Waals surface area (Å²) < 4.78 is 13.4. The van der Waals surface area contributed by atoms with Crippen molar-refractivity contribution in [1.29, 1.82) is 0 Å². The van der Waals surface area contributed by atoms with Gasteiger partial charge in [-0.15, -0.1) is 12.4 Å². The summed E-state index contributed by atoms with van der Waals surface area (Å²) in [6, 6.07) is 10.9. The van der Waals surface area contributed by atoms with Crippen molar-refractivity contribution in [3.05, 3.63) is 69.5 Å². The number of benzene rings is 2. The van der Waals surface area contributed by atoms with E-state index in [0.717, 1.165) is 5.56 Å². The van der Waals surface area contributed by atoms with E-state index in [1.54, 1.807) is 30.3 Å². The van der Waals surface area contributed by atoms with Gasteiger partial charge in [-0.3, -0.25) is 4.79 Å². The maximum Gasteiger partial charge on any atom is 0.303 e. The molecule has 0 aliphatic heterocycles. The highest BCUT2D eigenvalue weighted by molar-refractivity contribution is 6.31. The number of nitrogens with two attached hydrogens (primary N) is 1. The number of halogens is 4. The van der Waals surface area contributed by atoms with Crippen LogP contribution in [0.1, 0.15) is 35.9 Å². The maximum absolute atomic E-state index is 13.4. The molecule has 0 aromatic heterocycles. The molecule has 0 bridgehead atoms. The molecule has 3 N–H and O–H groups in total. The Bertz CT molecular complexity index is 695. The van der Waals surface area contributed by atoms with E-state index in [1.807, 2.05) is 0 Å². The molecule has 2 rings (SSSR count). The monoisotopic (exact) mass is 391 g/mol. The Labute approximate surface area is 156 Å². The van der Waals surface area contributed by atoms with Crippen molar-refractivity contribution in [2.75, 3.05) is 0 Å². The highest BCUT2D eigenvalue weighted by Gasteiger charge is 2.23. The third kappa shape index (κ3) is 5.35. The number of hydrogen-bond acceptors (Lipinski definition) is 2. The standard InChI is InChI=1S/C17H16Cl2FNO2.ClH/c18-12-4-1-10(2-5-12)17(21)13(6-8-16(22)23)11-3-7-15(20)14(19)9-11;/h1-5,7,9,13,17H,6,8,21H2,(H,22,23);1H. The highest BCUT2D eigenvalue weighted by Crippen LogP contribution is 2.35. The number of aliphatic carboxylic acids is 1. The molecule has 2 atom stereocenters. The third-order valence-corrected chi connectivity index (χ3v) is 4.27. The van der Waals surface area contributed by atoms with Crippen molar-refractivity contribution in [2.45, 2.75) is 24.8 Å². The fourth-order valence-corrected chi connectivity index (χ4v) is 2.81. The zero-order valence-corrected chi connectivity index (χ0v) is 14.9. The fourth-order valence-electron chi connectivity index (χ4n) is 2.49. The van der Waals surface area contributed by atoms with Crippen LogP contribution in [0.4, 0.5) is 4.39 Å². The molecule has 130 valence electrons. The molecule has 0 aliphatic rings. The maximum atomic E-state index is 13.4. The largest absolute Gasteiger partial charge is 0.481 e. The van der Waals surface area contributed by atoms with Gasteiger partial charge in [0.15, 0.2) is 0 Å². The lowest BCUT2D eigenvalue weighted by molar-refractivity contribution is -0.137. The van der Waals surface area contributed by atoms with Gasteiger partial charge in [0.25, 0.3) is 0 Å². The van der Waals surface area contributed by atoms with Crippen molar-refractivity contribution in [3.8, 4) is 0 Å². The lowest BCUT2D eigenvalue weighted by Crippen LogP contribution is -2.21. The van der Waals surface area contributed by atoms with Gasteiger partial charge < -0.3 is 10.8 Å². The number of carboxylic acids is 1. The van der Waals surface area contributed by atoms with Crippen LogP contribution in [-0.4, -0.2) is 11.1 Å². The molecule has 0 saturated carbocycles. The molecule has 0 amide bonds. The normalized spacial score (nSPS) is 13.0. The molecule has 0 spiro atoms. The number of carbonyl (C=O) groups is 1. The first-order valence-electron chi connectivity index (χ1n) is 7.06. The van der Waals surface area contributed by atoms with Crippen LogP contribution in [0.15, 0.2) is 42.5 Å². The molecular weight excluding hydrogens is 376 g/mol. The summed E-state index contributed by atoms with van der Waals surface area (Å²) >= 11 is 11.7. The second-order valence-corrected chi connectivity index (χ2v) is 6.13. The van der Waals surface area contributed by atoms with Crippen molar-refractivity contribution in [1.82, 2.24) is 0 Å². The molecule has 0 saturated heterocycles. The molecule has 3 nitrogen and oxygen atoms in total. The van der Waals surface area contributed by atoms with Crippen molar-refractivity contribution in [3.63, 3.8) is 0 Å². The van der Waals surface area contributed by atoms with Gasteiger partial charge >= 0.3 is 5.97 Å². The Morgan fingerprint density at radius 3 is 2.25 bits per heavy atom. The Balaban J connectivity index is 0.00000288. The zero-order chi connectivity index (χ0) is 17.0. The third-order valence-electron chi connectivity index (χ3n) is 3.73. The first-order valence-corrected chi connectivity index (χ1v) is 7.82. The minimum Gasteiger partial charge on any atom is -0.481 e. The summed E-state index contributed by atoms with van der Waals surface area (Å²) in [5, 5.41) is 9.53. The first kappa shape index (κ1) is 20.7. The topological polar surface area (TPSA) is 63.3 Å². The molecule has 0 fully saturated rings. The Kier molecular flexibility index (Phi) is 7.97. The van der Waals surface area contributed by atoms with E-state index in [4.69, 9.17) is 34.0 Å². The summed E-state index contributed by atoms with van der Waals surface area (Å²) in [6.45, 7) is 0. The Hall–Kier alpha value is -1.33. The number of hydrogen-bond donors (Lipinski definition) is 2. The van der Waals surface area contributed by atoms with Gasteiger partial charge in [-0.2, -0.15) is 0 Å². The summed E-state index contributed by atoms with van der Waals surface area (Å²) in [6.07, 6.45) is 0.280. The van der Waals surface area contributed by atoms with E-state index < -0.39 is 17.8 Å². The summed E-state index contributed by atoms with van der Waals surface area (Å²) in [4.78, 5) is 10.9. The molecular formula is C17H17Cl3FNO2. The zero-order valence-electron chi connectivity index (χ0n) is 12.6. The van der Waals surface area contributed by atoms with E-state index in [2.05, 4.69) is 0 Å². The predicted molar refractivity (Wildman–Crippen MR) is 96.6 cm³/mol. The molecule has 0 heterocycles. The summed E-state index contributed by atoms with van der Waals surface area (Å²) in [5.74, 6) is -1.73. The number of rotatable bonds is 6. The predicted octanol–water partition coefficient (Wildman–Crippen LogP) is 5.20. The number of carboxylic acid groups (broad SMARTS) is 1. The van der Waals surface area contributed by atoms with Crippen molar-refractivity contribution < 1.29 is 14.3 Å². The molecule has 0 aliphatic carbocycles. The first-order chi connectivity index (χ1) is 10.9. The van der Waals surface area contributed by atoms with E-state index in [1.165, 1.54) is 12.1 Å². The SMILES string of the molecule is Cl.NC(c1ccc(Cl)cc1)C(CCC(=O)O)c1ccc(F)c(Cl)c1. The molecule has 2 unspecified atom stereocenters.